The smallest absolute Gasteiger partial charge is 0.342 e. The van der Waals surface area contributed by atoms with Crippen molar-refractivity contribution in [3.63, 3.8) is 0 Å². The first kappa shape index (κ1) is 13.9. The van der Waals surface area contributed by atoms with Gasteiger partial charge in [0.2, 0.25) is 0 Å². The lowest BCUT2D eigenvalue weighted by Crippen LogP contribution is -2.39. The topological polar surface area (TPSA) is 86.5 Å². The fourth-order valence-electron chi connectivity index (χ4n) is 1.97. The normalized spacial score (nSPS) is 19.8. The van der Waals surface area contributed by atoms with Crippen LogP contribution in [0.2, 0.25) is 0 Å². The molecule has 0 radical (unpaired) electrons. The summed E-state index contributed by atoms with van der Waals surface area (Å²) in [4.78, 5) is 33.9. The van der Waals surface area contributed by atoms with Crippen molar-refractivity contribution in [2.24, 2.45) is 0 Å². The molecule has 0 aromatic heterocycles. The number of nitrogens with zero attached hydrogens (tertiary/aromatic N) is 1. The van der Waals surface area contributed by atoms with Crippen molar-refractivity contribution in [2.75, 3.05) is 0 Å². The lowest BCUT2D eigenvalue weighted by atomic mass is 9.92. The van der Waals surface area contributed by atoms with E-state index in [1.807, 2.05) is 0 Å². The van der Waals surface area contributed by atoms with Crippen LogP contribution >= 0.6 is 0 Å². The highest BCUT2D eigenvalue weighted by Crippen LogP contribution is 2.27. The zero-order chi connectivity index (χ0) is 14.9. The van der Waals surface area contributed by atoms with Crippen LogP contribution in [0.25, 0.3) is 6.08 Å². The van der Waals surface area contributed by atoms with Crippen LogP contribution in [0, 0.1) is 10.1 Å². The fraction of sp³-hybridized carbons (Fsp3) is 0.286. The van der Waals surface area contributed by atoms with E-state index in [1.165, 1.54) is 24.3 Å². The van der Waals surface area contributed by atoms with E-state index in [0.717, 1.165) is 0 Å². The van der Waals surface area contributed by atoms with E-state index < -0.39 is 16.5 Å². The van der Waals surface area contributed by atoms with Crippen LogP contribution in [-0.4, -0.2) is 22.3 Å². The standard InChI is InChI=1S/C14H13NO5/c1-14(2)8-12(16)11(13(17)20-14)7-9-4-3-5-10(6-9)15(18)19/h3-7H,8H2,1-2H3/b11-7-. The molecule has 2 rings (SSSR count). The van der Waals surface area contributed by atoms with Gasteiger partial charge >= 0.3 is 5.97 Å². The van der Waals surface area contributed by atoms with Crippen molar-refractivity contribution in [1.29, 1.82) is 0 Å². The van der Waals surface area contributed by atoms with E-state index >= 15 is 0 Å². The minimum absolute atomic E-state index is 0.0789. The van der Waals surface area contributed by atoms with Crippen LogP contribution < -0.4 is 0 Å². The second-order valence-electron chi connectivity index (χ2n) is 5.16. The van der Waals surface area contributed by atoms with Gasteiger partial charge in [0, 0.05) is 12.1 Å². The maximum atomic E-state index is 11.9. The zero-order valence-corrected chi connectivity index (χ0v) is 11.1. The summed E-state index contributed by atoms with van der Waals surface area (Å²) < 4.78 is 5.14. The number of carbonyl (C=O) groups excluding carboxylic acids is 2. The summed E-state index contributed by atoms with van der Waals surface area (Å²) in [5.41, 5.74) is -0.575. The molecule has 6 nitrogen and oxygen atoms in total. The van der Waals surface area contributed by atoms with Crippen LogP contribution in [0.5, 0.6) is 0 Å². The van der Waals surface area contributed by atoms with E-state index in [1.54, 1.807) is 19.9 Å². The van der Waals surface area contributed by atoms with Gasteiger partial charge in [0.1, 0.15) is 11.2 Å². The minimum atomic E-state index is -0.811. The minimum Gasteiger partial charge on any atom is -0.455 e. The Morgan fingerprint density at radius 1 is 1.35 bits per heavy atom. The van der Waals surface area contributed by atoms with Crippen LogP contribution in [0.1, 0.15) is 25.8 Å². The van der Waals surface area contributed by atoms with Gasteiger partial charge in [-0.15, -0.1) is 0 Å². The van der Waals surface area contributed by atoms with Crippen LogP contribution in [-0.2, 0) is 14.3 Å². The molecule has 1 aromatic rings. The highest BCUT2D eigenvalue weighted by atomic mass is 16.6. The Labute approximate surface area is 115 Å². The number of ketones is 1. The molecule has 0 aliphatic carbocycles. The third-order valence-electron chi connectivity index (χ3n) is 2.87. The number of Topliss-reactive ketones (excluding diaryl/α,β-unsaturated/α-hetero) is 1. The summed E-state index contributed by atoms with van der Waals surface area (Å²) in [7, 11) is 0. The quantitative estimate of drug-likeness (QED) is 0.272. The number of hydrogen-bond donors (Lipinski definition) is 0. The summed E-state index contributed by atoms with van der Waals surface area (Å²) in [6.45, 7) is 3.32. The Balaban J connectivity index is 2.36. The first-order valence-electron chi connectivity index (χ1n) is 6.01. The molecule has 1 aromatic carbocycles. The van der Waals surface area contributed by atoms with Crippen molar-refractivity contribution in [3.05, 3.63) is 45.5 Å². The molecular weight excluding hydrogens is 262 g/mol. The lowest BCUT2D eigenvalue weighted by Gasteiger charge is -2.29. The van der Waals surface area contributed by atoms with Gasteiger partial charge in [0.25, 0.3) is 5.69 Å². The van der Waals surface area contributed by atoms with Crippen molar-refractivity contribution < 1.29 is 19.2 Å². The summed E-state index contributed by atoms with van der Waals surface area (Å²) in [5, 5.41) is 10.7. The van der Waals surface area contributed by atoms with Gasteiger partial charge < -0.3 is 4.74 Å². The average Bonchev–Trinajstić information content (AvgIpc) is 2.33. The molecule has 1 aliphatic rings. The SMILES string of the molecule is CC1(C)CC(=O)/C(=C/c2cccc([N+](=O)[O-])c2)C(=O)O1. The molecule has 104 valence electrons. The second kappa shape index (κ2) is 4.88. The molecule has 0 unspecified atom stereocenters. The molecule has 0 bridgehead atoms. The van der Waals surface area contributed by atoms with Crippen molar-refractivity contribution in [2.45, 2.75) is 25.9 Å². The van der Waals surface area contributed by atoms with Crippen LogP contribution in [0.15, 0.2) is 29.8 Å². The molecule has 0 spiro atoms. The molecular formula is C14H13NO5. The monoisotopic (exact) mass is 275 g/mol. The molecule has 1 fully saturated rings. The average molecular weight is 275 g/mol. The summed E-state index contributed by atoms with van der Waals surface area (Å²) >= 11 is 0. The number of cyclic esters (lactones) is 1. The maximum Gasteiger partial charge on any atom is 0.342 e. The van der Waals surface area contributed by atoms with Crippen LogP contribution in [0.4, 0.5) is 5.69 Å². The molecule has 1 heterocycles. The molecule has 0 saturated carbocycles. The lowest BCUT2D eigenvalue weighted by molar-refractivity contribution is -0.384. The number of rotatable bonds is 2. The largest absolute Gasteiger partial charge is 0.455 e. The van der Waals surface area contributed by atoms with Gasteiger partial charge in [-0.05, 0) is 25.5 Å². The number of carbonyl (C=O) groups is 2. The third-order valence-corrected chi connectivity index (χ3v) is 2.87. The number of nitro benzene ring substituents is 1. The van der Waals surface area contributed by atoms with Gasteiger partial charge in [0.05, 0.1) is 11.3 Å². The van der Waals surface area contributed by atoms with E-state index in [-0.39, 0.29) is 23.5 Å². The number of hydrogen-bond acceptors (Lipinski definition) is 5. The van der Waals surface area contributed by atoms with Crippen LogP contribution in [0.3, 0.4) is 0 Å². The number of esters is 1. The maximum absolute atomic E-state index is 11.9. The highest BCUT2D eigenvalue weighted by molar-refractivity contribution is 6.22. The summed E-state index contributed by atoms with van der Waals surface area (Å²) in [6.07, 6.45) is 1.42. The predicted octanol–water partition coefficient (Wildman–Crippen LogP) is 2.27. The van der Waals surface area contributed by atoms with Gasteiger partial charge in [-0.25, -0.2) is 4.79 Å². The number of ether oxygens (including phenoxy) is 1. The summed E-state index contributed by atoms with van der Waals surface area (Å²) in [5.74, 6) is -1.02. The number of non-ortho nitro benzene ring substituents is 1. The van der Waals surface area contributed by atoms with Crippen molar-refractivity contribution in [3.8, 4) is 0 Å². The number of nitro groups is 1. The zero-order valence-electron chi connectivity index (χ0n) is 11.1. The first-order valence-corrected chi connectivity index (χ1v) is 6.01. The molecule has 0 N–H and O–H groups in total. The molecule has 0 amide bonds. The Bertz CT molecular complexity index is 608. The van der Waals surface area contributed by atoms with E-state index in [4.69, 9.17) is 4.74 Å². The number of benzene rings is 1. The molecule has 1 aliphatic heterocycles. The predicted molar refractivity (Wildman–Crippen MR) is 70.9 cm³/mol. The van der Waals surface area contributed by atoms with Crippen molar-refractivity contribution in [1.82, 2.24) is 0 Å². The summed E-state index contributed by atoms with van der Waals surface area (Å²) in [6, 6.07) is 5.72. The van der Waals surface area contributed by atoms with Gasteiger partial charge in [0.15, 0.2) is 5.78 Å². The molecule has 20 heavy (non-hydrogen) atoms. The van der Waals surface area contributed by atoms with E-state index in [0.29, 0.717) is 5.56 Å². The second-order valence-corrected chi connectivity index (χ2v) is 5.16. The Hall–Kier alpha value is -2.50. The molecule has 0 atom stereocenters. The Kier molecular flexibility index (Phi) is 3.40. The molecule has 6 heteroatoms. The first-order chi connectivity index (χ1) is 9.28. The van der Waals surface area contributed by atoms with E-state index in [9.17, 15) is 19.7 Å². The fourth-order valence-corrected chi connectivity index (χ4v) is 1.97. The Morgan fingerprint density at radius 2 is 2.05 bits per heavy atom. The third kappa shape index (κ3) is 2.90. The van der Waals surface area contributed by atoms with Gasteiger partial charge in [-0.2, -0.15) is 0 Å². The van der Waals surface area contributed by atoms with Gasteiger partial charge in [-0.1, -0.05) is 12.1 Å². The van der Waals surface area contributed by atoms with Gasteiger partial charge in [-0.3, -0.25) is 14.9 Å². The highest BCUT2D eigenvalue weighted by Gasteiger charge is 2.37. The Morgan fingerprint density at radius 3 is 2.65 bits per heavy atom. The van der Waals surface area contributed by atoms with Crippen molar-refractivity contribution >= 4 is 23.5 Å². The van der Waals surface area contributed by atoms with E-state index in [2.05, 4.69) is 0 Å². The molecule has 1 saturated heterocycles.